The van der Waals surface area contributed by atoms with Crippen LogP contribution in [0.25, 0.3) is 0 Å². The Bertz CT molecular complexity index is 408. The van der Waals surface area contributed by atoms with Crippen LogP contribution in [-0.4, -0.2) is 33.8 Å². The zero-order chi connectivity index (χ0) is 13.8. The number of ether oxygens (including phenoxy) is 1. The molecule has 1 amide bonds. The zero-order valence-electron chi connectivity index (χ0n) is 10.5. The first-order valence-corrected chi connectivity index (χ1v) is 5.38. The predicted octanol–water partition coefficient (Wildman–Crippen LogP) is 1.19. The maximum atomic E-state index is 11.5. The number of oxazole rings is 1. The van der Waals surface area contributed by atoms with Crippen molar-refractivity contribution in [3.63, 3.8) is 0 Å². The number of nitrogens with one attached hydrogen (secondary N) is 1. The Morgan fingerprint density at radius 3 is 2.67 bits per heavy atom. The van der Waals surface area contributed by atoms with Gasteiger partial charge in [-0.05, 0) is 20.8 Å². The lowest BCUT2D eigenvalue weighted by Gasteiger charge is -2.21. The van der Waals surface area contributed by atoms with E-state index in [0.29, 0.717) is 0 Å². The highest BCUT2D eigenvalue weighted by atomic mass is 16.6. The molecule has 1 atom stereocenters. The number of alkyl carbamates (subject to hydrolysis) is 1. The van der Waals surface area contributed by atoms with Gasteiger partial charge in [0.15, 0.2) is 5.89 Å². The summed E-state index contributed by atoms with van der Waals surface area (Å²) in [5, 5.41) is 11.2. The fraction of sp³-hybridized carbons (Fsp3) is 0.545. The van der Waals surface area contributed by atoms with Gasteiger partial charge in [-0.2, -0.15) is 0 Å². The molecule has 1 rings (SSSR count). The highest BCUT2D eigenvalue weighted by Gasteiger charge is 2.25. The summed E-state index contributed by atoms with van der Waals surface area (Å²) < 4.78 is 9.90. The molecule has 1 aromatic heterocycles. The fourth-order valence-corrected chi connectivity index (χ4v) is 1.18. The summed E-state index contributed by atoms with van der Waals surface area (Å²) in [4.78, 5) is 26.2. The summed E-state index contributed by atoms with van der Waals surface area (Å²) in [6.45, 7) is 5.07. The first-order valence-electron chi connectivity index (χ1n) is 5.38. The van der Waals surface area contributed by atoms with Gasteiger partial charge in [0.25, 0.3) is 0 Å². The molecule has 7 heteroatoms. The summed E-state index contributed by atoms with van der Waals surface area (Å²) in [5.41, 5.74) is -0.684. The van der Waals surface area contributed by atoms with Crippen molar-refractivity contribution in [2.45, 2.75) is 38.8 Å². The third-order valence-corrected chi connectivity index (χ3v) is 1.85. The summed E-state index contributed by atoms with van der Waals surface area (Å²) in [5.74, 6) is -0.947. The van der Waals surface area contributed by atoms with Crippen molar-refractivity contribution in [2.24, 2.45) is 0 Å². The Kier molecular flexibility index (Phi) is 4.30. The van der Waals surface area contributed by atoms with Crippen LogP contribution in [0, 0.1) is 0 Å². The molecule has 1 heterocycles. The average molecular weight is 256 g/mol. The molecular formula is C11H16N2O5. The first-order chi connectivity index (χ1) is 8.28. The lowest BCUT2D eigenvalue weighted by atomic mass is 10.2. The molecule has 7 nitrogen and oxygen atoms in total. The second-order valence-electron chi connectivity index (χ2n) is 4.67. The van der Waals surface area contributed by atoms with E-state index in [1.54, 1.807) is 20.8 Å². The first kappa shape index (κ1) is 14.0. The van der Waals surface area contributed by atoms with E-state index >= 15 is 0 Å². The molecule has 0 aromatic carbocycles. The Morgan fingerprint density at radius 1 is 1.56 bits per heavy atom. The lowest BCUT2D eigenvalue weighted by Crippen LogP contribution is -2.44. The number of carboxylic acids is 1. The van der Waals surface area contributed by atoms with Crippen molar-refractivity contribution in [3.8, 4) is 0 Å². The van der Waals surface area contributed by atoms with Crippen LogP contribution < -0.4 is 5.32 Å². The standard InChI is InChI=1S/C11H16N2O5/c1-11(2,3)18-10(16)13-7(9(14)15)6-8-12-4-5-17-8/h4-5,7H,6H2,1-3H3,(H,13,16)(H,14,15)/t7-/m0/s1. The van der Waals surface area contributed by atoms with E-state index < -0.39 is 23.7 Å². The molecule has 0 radical (unpaired) electrons. The van der Waals surface area contributed by atoms with E-state index in [0.717, 1.165) is 0 Å². The lowest BCUT2D eigenvalue weighted by molar-refractivity contribution is -0.139. The van der Waals surface area contributed by atoms with E-state index in [9.17, 15) is 9.59 Å². The zero-order valence-corrected chi connectivity index (χ0v) is 10.5. The van der Waals surface area contributed by atoms with E-state index in [4.69, 9.17) is 14.3 Å². The van der Waals surface area contributed by atoms with Gasteiger partial charge in [-0.1, -0.05) is 0 Å². The summed E-state index contributed by atoms with van der Waals surface area (Å²) >= 11 is 0. The molecule has 0 aliphatic carbocycles. The number of hydrogen-bond donors (Lipinski definition) is 2. The predicted molar refractivity (Wildman–Crippen MR) is 61.0 cm³/mol. The highest BCUT2D eigenvalue weighted by Crippen LogP contribution is 2.08. The molecule has 2 N–H and O–H groups in total. The van der Waals surface area contributed by atoms with E-state index in [1.807, 2.05) is 0 Å². The molecule has 0 aliphatic rings. The van der Waals surface area contributed by atoms with E-state index in [1.165, 1.54) is 12.5 Å². The Balaban J connectivity index is 2.58. The van der Waals surface area contributed by atoms with Crippen LogP contribution >= 0.6 is 0 Å². The summed E-state index contributed by atoms with van der Waals surface area (Å²) in [6.07, 6.45) is 1.91. The van der Waals surface area contributed by atoms with Gasteiger partial charge in [0.05, 0.1) is 12.6 Å². The van der Waals surface area contributed by atoms with Gasteiger partial charge in [0.2, 0.25) is 0 Å². The van der Waals surface area contributed by atoms with Crippen LogP contribution in [-0.2, 0) is 16.0 Å². The number of rotatable bonds is 4. The molecule has 0 bridgehead atoms. The summed E-state index contributed by atoms with van der Waals surface area (Å²) in [6, 6.07) is -1.14. The second kappa shape index (κ2) is 5.52. The SMILES string of the molecule is CC(C)(C)OC(=O)N[C@@H](Cc1ncco1)C(=O)O. The smallest absolute Gasteiger partial charge is 0.408 e. The molecule has 0 saturated heterocycles. The number of carbonyl (C=O) groups excluding carboxylic acids is 1. The Hall–Kier alpha value is -2.05. The molecule has 18 heavy (non-hydrogen) atoms. The van der Waals surface area contributed by atoms with Crippen molar-refractivity contribution in [1.82, 2.24) is 10.3 Å². The molecule has 0 fully saturated rings. The van der Waals surface area contributed by atoms with Crippen molar-refractivity contribution in [3.05, 3.63) is 18.4 Å². The maximum Gasteiger partial charge on any atom is 0.408 e. The third-order valence-electron chi connectivity index (χ3n) is 1.85. The number of carboxylic acid groups (broad SMARTS) is 1. The normalized spacial score (nSPS) is 12.8. The topological polar surface area (TPSA) is 102 Å². The molecule has 0 spiro atoms. The Labute approximate surface area is 104 Å². The van der Waals surface area contributed by atoms with Gasteiger partial charge in [-0.25, -0.2) is 14.6 Å². The van der Waals surface area contributed by atoms with Crippen molar-refractivity contribution < 1.29 is 23.8 Å². The Morgan fingerprint density at radius 2 is 2.22 bits per heavy atom. The minimum atomic E-state index is -1.18. The van der Waals surface area contributed by atoms with Gasteiger partial charge in [-0.15, -0.1) is 0 Å². The van der Waals surface area contributed by atoms with Crippen LogP contribution in [0.5, 0.6) is 0 Å². The van der Waals surface area contributed by atoms with Crippen LogP contribution in [0.1, 0.15) is 26.7 Å². The average Bonchev–Trinajstić information content (AvgIpc) is 2.66. The number of hydrogen-bond acceptors (Lipinski definition) is 5. The number of aromatic nitrogens is 1. The van der Waals surface area contributed by atoms with E-state index in [-0.39, 0.29) is 12.3 Å². The monoisotopic (exact) mass is 256 g/mol. The molecule has 1 aromatic rings. The van der Waals surface area contributed by atoms with Gasteiger partial charge in [-0.3, -0.25) is 0 Å². The fourth-order valence-electron chi connectivity index (χ4n) is 1.18. The van der Waals surface area contributed by atoms with Gasteiger partial charge in [0, 0.05) is 0 Å². The largest absolute Gasteiger partial charge is 0.480 e. The van der Waals surface area contributed by atoms with Crippen molar-refractivity contribution >= 4 is 12.1 Å². The molecule has 0 saturated carbocycles. The highest BCUT2D eigenvalue weighted by molar-refractivity contribution is 5.80. The number of carbonyl (C=O) groups is 2. The van der Waals surface area contributed by atoms with Crippen molar-refractivity contribution in [2.75, 3.05) is 0 Å². The van der Waals surface area contributed by atoms with Crippen LogP contribution in [0.15, 0.2) is 16.9 Å². The van der Waals surface area contributed by atoms with Crippen LogP contribution in [0.3, 0.4) is 0 Å². The molecule has 0 aliphatic heterocycles. The summed E-state index contributed by atoms with van der Waals surface area (Å²) in [7, 11) is 0. The number of nitrogens with zero attached hydrogens (tertiary/aromatic N) is 1. The molecule has 100 valence electrons. The van der Waals surface area contributed by atoms with Gasteiger partial charge < -0.3 is 19.6 Å². The number of amides is 1. The minimum Gasteiger partial charge on any atom is -0.480 e. The van der Waals surface area contributed by atoms with Crippen molar-refractivity contribution in [1.29, 1.82) is 0 Å². The van der Waals surface area contributed by atoms with E-state index in [2.05, 4.69) is 10.3 Å². The second-order valence-corrected chi connectivity index (χ2v) is 4.67. The minimum absolute atomic E-state index is 0.0401. The maximum absolute atomic E-state index is 11.5. The quantitative estimate of drug-likeness (QED) is 0.839. The molecule has 0 unspecified atom stereocenters. The number of aliphatic carboxylic acids is 1. The molecular weight excluding hydrogens is 240 g/mol. The van der Waals surface area contributed by atoms with Gasteiger partial charge in [0.1, 0.15) is 17.9 Å². The third kappa shape index (κ3) is 4.86. The van der Waals surface area contributed by atoms with Crippen LogP contribution in [0.2, 0.25) is 0 Å². The van der Waals surface area contributed by atoms with Crippen LogP contribution in [0.4, 0.5) is 4.79 Å². The van der Waals surface area contributed by atoms with Gasteiger partial charge >= 0.3 is 12.1 Å².